The molecule has 4 aromatic carbocycles. The van der Waals surface area contributed by atoms with Crippen LogP contribution < -0.4 is 14.8 Å². The van der Waals surface area contributed by atoms with Gasteiger partial charge in [-0.25, -0.2) is 4.39 Å². The van der Waals surface area contributed by atoms with Gasteiger partial charge in [0.25, 0.3) is 5.91 Å². The Labute approximate surface area is 236 Å². The average molecular weight is 555 g/mol. The molecule has 202 valence electrons. The first-order chi connectivity index (χ1) is 19.6. The van der Waals surface area contributed by atoms with Gasteiger partial charge >= 0.3 is 0 Å². The van der Waals surface area contributed by atoms with Gasteiger partial charge in [0, 0.05) is 17.0 Å². The number of hydrogen-bond donors (Lipinski definition) is 1. The fraction of sp³-hybridized carbons (Fsp3) is 0.129. The van der Waals surface area contributed by atoms with Gasteiger partial charge in [0.15, 0.2) is 17.6 Å². The number of ether oxygens (including phenoxy) is 2. The fourth-order valence-corrected chi connectivity index (χ4v) is 4.86. The van der Waals surface area contributed by atoms with E-state index in [0.29, 0.717) is 18.0 Å². The minimum absolute atomic E-state index is 0.174. The number of carbonyl (C=O) groups excluding carboxylic acids is 1. The zero-order chi connectivity index (χ0) is 27.7. The molecule has 0 aliphatic heterocycles. The number of hydrogen-bond acceptors (Lipinski definition) is 6. The Bertz CT molecular complexity index is 1540. The van der Waals surface area contributed by atoms with E-state index in [-0.39, 0.29) is 18.3 Å². The van der Waals surface area contributed by atoms with Gasteiger partial charge in [0.2, 0.25) is 0 Å². The van der Waals surface area contributed by atoms with Crippen molar-refractivity contribution in [3.63, 3.8) is 0 Å². The Morgan fingerprint density at radius 3 is 2.25 bits per heavy atom. The summed E-state index contributed by atoms with van der Waals surface area (Å²) in [7, 11) is 1.66. The molecule has 7 nitrogen and oxygen atoms in total. The van der Waals surface area contributed by atoms with E-state index in [2.05, 4.69) is 32.2 Å². The maximum absolute atomic E-state index is 13.1. The van der Waals surface area contributed by atoms with Gasteiger partial charge in [-0.15, -0.1) is 10.2 Å². The molecule has 1 amide bonds. The van der Waals surface area contributed by atoms with E-state index in [4.69, 9.17) is 9.47 Å². The van der Waals surface area contributed by atoms with Crippen LogP contribution in [0, 0.1) is 5.82 Å². The zero-order valence-corrected chi connectivity index (χ0v) is 22.6. The first-order valence-electron chi connectivity index (χ1n) is 12.6. The third kappa shape index (κ3) is 7.06. The first-order valence-corrected chi connectivity index (χ1v) is 13.6. The van der Waals surface area contributed by atoms with Crippen LogP contribution in [0.1, 0.15) is 11.1 Å². The minimum atomic E-state index is -0.364. The third-order valence-corrected chi connectivity index (χ3v) is 7.08. The van der Waals surface area contributed by atoms with E-state index >= 15 is 0 Å². The number of benzene rings is 4. The molecule has 1 aromatic heterocycles. The quantitative estimate of drug-likeness (QED) is 0.189. The van der Waals surface area contributed by atoms with Gasteiger partial charge < -0.3 is 14.8 Å². The van der Waals surface area contributed by atoms with Crippen LogP contribution in [0.5, 0.6) is 11.5 Å². The molecule has 0 unspecified atom stereocenters. The minimum Gasteiger partial charge on any atom is -0.497 e. The van der Waals surface area contributed by atoms with Gasteiger partial charge in [-0.1, -0.05) is 54.2 Å². The maximum Gasteiger partial charge on any atom is 0.262 e. The lowest BCUT2D eigenvalue weighted by Gasteiger charge is -2.12. The molecule has 0 aliphatic carbocycles. The highest BCUT2D eigenvalue weighted by atomic mass is 32.2. The third-order valence-electron chi connectivity index (χ3n) is 6.04. The monoisotopic (exact) mass is 554 g/mol. The number of methoxy groups -OCH3 is 1. The second kappa shape index (κ2) is 12.9. The lowest BCUT2D eigenvalue weighted by molar-refractivity contribution is -0.118. The highest BCUT2D eigenvalue weighted by Gasteiger charge is 2.16. The molecule has 1 N–H and O–H groups in total. The topological polar surface area (TPSA) is 78.3 Å². The van der Waals surface area contributed by atoms with Crippen molar-refractivity contribution in [2.75, 3.05) is 19.0 Å². The van der Waals surface area contributed by atoms with Gasteiger partial charge in [-0.05, 0) is 71.8 Å². The standard InChI is InChI=1S/C31H27FN4O3S/c1-38-27-15-7-23(8-16-27)21-40-31-35-34-30(36(31)19-22-5-3-2-4-6-22)24-9-17-28(18-10-24)39-20-29(37)33-26-13-11-25(32)12-14-26/h2-18H,19-21H2,1H3,(H,33,37). The van der Waals surface area contributed by atoms with Crippen LogP contribution in [0.2, 0.25) is 0 Å². The summed E-state index contributed by atoms with van der Waals surface area (Å²) in [4.78, 5) is 12.2. The molecule has 0 saturated heterocycles. The first kappa shape index (κ1) is 27.0. The van der Waals surface area contributed by atoms with E-state index in [1.807, 2.05) is 54.6 Å². The van der Waals surface area contributed by atoms with Gasteiger partial charge in [-0.3, -0.25) is 9.36 Å². The van der Waals surface area contributed by atoms with Crippen molar-refractivity contribution in [3.8, 4) is 22.9 Å². The number of amides is 1. The fourth-order valence-electron chi connectivity index (χ4n) is 3.97. The number of nitrogens with zero attached hydrogens (tertiary/aromatic N) is 3. The van der Waals surface area contributed by atoms with E-state index in [9.17, 15) is 9.18 Å². The summed E-state index contributed by atoms with van der Waals surface area (Å²) in [5, 5.41) is 12.5. The molecule has 9 heteroatoms. The Kier molecular flexibility index (Phi) is 8.73. The van der Waals surface area contributed by atoms with Crippen molar-refractivity contribution in [1.29, 1.82) is 0 Å². The predicted octanol–water partition coefficient (Wildman–Crippen LogP) is 6.45. The second-order valence-electron chi connectivity index (χ2n) is 8.88. The van der Waals surface area contributed by atoms with E-state index in [0.717, 1.165) is 39.2 Å². The number of rotatable bonds is 11. The van der Waals surface area contributed by atoms with Crippen molar-refractivity contribution in [2.45, 2.75) is 17.5 Å². The smallest absolute Gasteiger partial charge is 0.262 e. The summed E-state index contributed by atoms with van der Waals surface area (Å²) in [6.07, 6.45) is 0. The van der Waals surface area contributed by atoms with Crippen molar-refractivity contribution in [3.05, 3.63) is 120 Å². The van der Waals surface area contributed by atoms with Crippen molar-refractivity contribution in [1.82, 2.24) is 14.8 Å². The molecule has 0 aliphatic rings. The summed E-state index contributed by atoms with van der Waals surface area (Å²) in [6, 6.07) is 31.1. The number of thioether (sulfide) groups is 1. The van der Waals surface area contributed by atoms with E-state index in [1.165, 1.54) is 24.3 Å². The van der Waals surface area contributed by atoms with Crippen LogP contribution in [0.4, 0.5) is 10.1 Å². The van der Waals surface area contributed by atoms with Crippen molar-refractivity contribution < 1.29 is 18.7 Å². The Morgan fingerprint density at radius 1 is 0.850 bits per heavy atom. The zero-order valence-electron chi connectivity index (χ0n) is 21.8. The molecule has 0 saturated carbocycles. The number of anilines is 1. The number of aromatic nitrogens is 3. The van der Waals surface area contributed by atoms with E-state index in [1.54, 1.807) is 31.0 Å². The highest BCUT2D eigenvalue weighted by Crippen LogP contribution is 2.29. The summed E-state index contributed by atoms with van der Waals surface area (Å²) >= 11 is 1.62. The van der Waals surface area contributed by atoms with Crippen LogP contribution in [0.15, 0.2) is 108 Å². The number of carbonyl (C=O) groups is 1. The van der Waals surface area contributed by atoms with Crippen molar-refractivity contribution in [2.24, 2.45) is 0 Å². The van der Waals surface area contributed by atoms with Crippen LogP contribution in [0.3, 0.4) is 0 Å². The summed E-state index contributed by atoms with van der Waals surface area (Å²) < 4.78 is 26.1. The van der Waals surface area contributed by atoms with Crippen molar-refractivity contribution >= 4 is 23.4 Å². The molecule has 0 radical (unpaired) electrons. The second-order valence-corrected chi connectivity index (χ2v) is 9.83. The largest absolute Gasteiger partial charge is 0.497 e. The average Bonchev–Trinajstić information content (AvgIpc) is 3.39. The van der Waals surface area contributed by atoms with Crippen LogP contribution in [0.25, 0.3) is 11.4 Å². The molecule has 5 rings (SSSR count). The maximum atomic E-state index is 13.1. The lowest BCUT2D eigenvalue weighted by atomic mass is 10.2. The van der Waals surface area contributed by atoms with Gasteiger partial charge in [0.05, 0.1) is 13.7 Å². The Morgan fingerprint density at radius 2 is 1.55 bits per heavy atom. The van der Waals surface area contributed by atoms with Crippen LogP contribution in [-0.4, -0.2) is 34.4 Å². The number of nitrogens with one attached hydrogen (secondary N) is 1. The lowest BCUT2D eigenvalue weighted by Crippen LogP contribution is -2.20. The normalized spacial score (nSPS) is 10.8. The SMILES string of the molecule is COc1ccc(CSc2nnc(-c3ccc(OCC(=O)Nc4ccc(F)cc4)cc3)n2Cc2ccccc2)cc1. The highest BCUT2D eigenvalue weighted by molar-refractivity contribution is 7.98. The van der Waals surface area contributed by atoms with Crippen LogP contribution >= 0.6 is 11.8 Å². The number of halogens is 1. The summed E-state index contributed by atoms with van der Waals surface area (Å²) in [6.45, 7) is 0.447. The molecule has 40 heavy (non-hydrogen) atoms. The Hall–Kier alpha value is -4.63. The predicted molar refractivity (Wildman–Crippen MR) is 154 cm³/mol. The molecule has 0 spiro atoms. The Balaban J connectivity index is 1.28. The molecular formula is C31H27FN4O3S. The molecule has 0 bridgehead atoms. The molecule has 0 atom stereocenters. The van der Waals surface area contributed by atoms with E-state index < -0.39 is 0 Å². The summed E-state index contributed by atoms with van der Waals surface area (Å²) in [5.41, 5.74) is 3.68. The summed E-state index contributed by atoms with van der Waals surface area (Å²) in [5.74, 6) is 2.14. The molecule has 5 aromatic rings. The molecule has 1 heterocycles. The van der Waals surface area contributed by atoms with Gasteiger partial charge in [-0.2, -0.15) is 0 Å². The molecular weight excluding hydrogens is 527 g/mol. The van der Waals surface area contributed by atoms with Gasteiger partial charge in [0.1, 0.15) is 17.3 Å². The van der Waals surface area contributed by atoms with Crippen LogP contribution in [-0.2, 0) is 17.1 Å². The molecule has 0 fully saturated rings.